The van der Waals surface area contributed by atoms with Crippen LogP contribution in [0.5, 0.6) is 0 Å². The van der Waals surface area contributed by atoms with Crippen LogP contribution in [-0.2, 0) is 12.7 Å². The van der Waals surface area contributed by atoms with E-state index in [1.165, 1.54) is 24.5 Å². The third-order valence-corrected chi connectivity index (χ3v) is 3.94. The molecule has 2 aromatic heterocycles. The minimum Gasteiger partial charge on any atom is -0.368 e. The first kappa shape index (κ1) is 16.6. The Kier molecular flexibility index (Phi) is 4.66. The Morgan fingerprint density at radius 3 is 2.33 bits per heavy atom. The van der Waals surface area contributed by atoms with Crippen molar-refractivity contribution in [1.82, 2.24) is 14.9 Å². The summed E-state index contributed by atoms with van der Waals surface area (Å²) >= 11 is 0. The summed E-state index contributed by atoms with van der Waals surface area (Å²) in [6.07, 6.45) is -0.362. The third-order valence-electron chi connectivity index (χ3n) is 3.94. The standard InChI is InChI=1S/C16H16F4N4/c17-13-7-12(8-21-9-13)11-23-3-5-24(6-4-23)14-1-2-15(22-10-14)16(18,19)20/h1-2,7-10H,3-6,11H2. The quantitative estimate of drug-likeness (QED) is 0.804. The monoisotopic (exact) mass is 340 g/mol. The number of nitrogens with zero attached hydrogens (tertiary/aromatic N) is 4. The van der Waals surface area contributed by atoms with E-state index in [0.717, 1.165) is 24.7 Å². The second-order valence-electron chi connectivity index (χ2n) is 5.67. The lowest BCUT2D eigenvalue weighted by Crippen LogP contribution is -2.46. The van der Waals surface area contributed by atoms with Crippen molar-refractivity contribution in [3.05, 3.63) is 53.9 Å². The maximum Gasteiger partial charge on any atom is 0.433 e. The zero-order valence-electron chi connectivity index (χ0n) is 12.8. The van der Waals surface area contributed by atoms with Gasteiger partial charge in [0.25, 0.3) is 0 Å². The van der Waals surface area contributed by atoms with E-state index in [0.29, 0.717) is 25.3 Å². The highest BCUT2D eigenvalue weighted by Gasteiger charge is 2.32. The van der Waals surface area contributed by atoms with Crippen molar-refractivity contribution < 1.29 is 17.6 Å². The molecule has 0 unspecified atom stereocenters. The lowest BCUT2D eigenvalue weighted by molar-refractivity contribution is -0.141. The molecule has 2 aromatic rings. The van der Waals surface area contributed by atoms with Gasteiger partial charge in [0.05, 0.1) is 18.1 Å². The largest absolute Gasteiger partial charge is 0.433 e. The molecule has 0 atom stereocenters. The molecular weight excluding hydrogens is 324 g/mol. The Labute approximate surface area is 136 Å². The van der Waals surface area contributed by atoms with Gasteiger partial charge in [0.15, 0.2) is 0 Å². The number of halogens is 4. The summed E-state index contributed by atoms with van der Waals surface area (Å²) < 4.78 is 50.7. The van der Waals surface area contributed by atoms with Crippen LogP contribution in [0.15, 0.2) is 36.8 Å². The molecule has 1 fully saturated rings. The normalized spacial score (nSPS) is 16.4. The first-order valence-corrected chi connectivity index (χ1v) is 7.52. The fourth-order valence-corrected chi connectivity index (χ4v) is 2.71. The van der Waals surface area contributed by atoms with Crippen molar-refractivity contribution in [3.63, 3.8) is 0 Å². The minimum atomic E-state index is -4.42. The summed E-state index contributed by atoms with van der Waals surface area (Å²) in [4.78, 5) is 11.5. The van der Waals surface area contributed by atoms with Crippen LogP contribution < -0.4 is 4.90 Å². The molecule has 0 aromatic carbocycles. The van der Waals surface area contributed by atoms with Crippen LogP contribution >= 0.6 is 0 Å². The molecule has 128 valence electrons. The summed E-state index contributed by atoms with van der Waals surface area (Å²) in [5.41, 5.74) is 0.596. The number of piperazine rings is 1. The van der Waals surface area contributed by atoms with Crippen molar-refractivity contribution in [2.75, 3.05) is 31.1 Å². The topological polar surface area (TPSA) is 32.3 Å². The van der Waals surface area contributed by atoms with E-state index in [4.69, 9.17) is 0 Å². The molecule has 0 radical (unpaired) electrons. The van der Waals surface area contributed by atoms with E-state index in [9.17, 15) is 17.6 Å². The van der Waals surface area contributed by atoms with E-state index in [2.05, 4.69) is 14.9 Å². The third kappa shape index (κ3) is 4.00. The number of pyridine rings is 2. The van der Waals surface area contributed by atoms with Crippen molar-refractivity contribution in [3.8, 4) is 0 Å². The lowest BCUT2D eigenvalue weighted by Gasteiger charge is -2.36. The summed E-state index contributed by atoms with van der Waals surface area (Å²) in [5.74, 6) is -0.359. The van der Waals surface area contributed by atoms with Crippen LogP contribution in [-0.4, -0.2) is 41.0 Å². The first-order valence-electron chi connectivity index (χ1n) is 7.52. The molecule has 3 rings (SSSR count). The number of alkyl halides is 3. The van der Waals surface area contributed by atoms with E-state index >= 15 is 0 Å². The van der Waals surface area contributed by atoms with E-state index in [1.54, 1.807) is 6.20 Å². The van der Waals surface area contributed by atoms with Gasteiger partial charge in [-0.2, -0.15) is 13.2 Å². The predicted molar refractivity (Wildman–Crippen MR) is 80.9 cm³/mol. The van der Waals surface area contributed by atoms with Crippen molar-refractivity contribution in [1.29, 1.82) is 0 Å². The molecule has 4 nitrogen and oxygen atoms in total. The molecule has 24 heavy (non-hydrogen) atoms. The molecule has 0 aliphatic carbocycles. The van der Waals surface area contributed by atoms with Gasteiger partial charge in [-0.15, -0.1) is 0 Å². The van der Waals surface area contributed by atoms with E-state index in [1.807, 2.05) is 4.90 Å². The van der Waals surface area contributed by atoms with Gasteiger partial charge >= 0.3 is 6.18 Å². The zero-order valence-corrected chi connectivity index (χ0v) is 12.8. The maximum atomic E-state index is 13.1. The van der Waals surface area contributed by atoms with Crippen LogP contribution in [0.3, 0.4) is 0 Å². The molecule has 0 bridgehead atoms. The Balaban J connectivity index is 1.57. The SMILES string of the molecule is Fc1cncc(CN2CCN(c3ccc(C(F)(F)F)nc3)CC2)c1. The predicted octanol–water partition coefficient (Wildman–Crippen LogP) is 2.96. The van der Waals surface area contributed by atoms with Crippen molar-refractivity contribution in [2.24, 2.45) is 0 Å². The second kappa shape index (κ2) is 6.72. The first-order chi connectivity index (χ1) is 11.4. The molecule has 0 amide bonds. The van der Waals surface area contributed by atoms with E-state index in [-0.39, 0.29) is 5.82 Å². The molecular formula is C16H16F4N4. The van der Waals surface area contributed by atoms with Crippen LogP contribution in [0.4, 0.5) is 23.2 Å². The highest BCUT2D eigenvalue weighted by Crippen LogP contribution is 2.28. The number of rotatable bonds is 3. The maximum absolute atomic E-state index is 13.1. The zero-order chi connectivity index (χ0) is 17.2. The number of anilines is 1. The summed E-state index contributed by atoms with van der Waals surface area (Å²) in [6.45, 7) is 3.42. The molecule has 0 saturated carbocycles. The molecule has 0 spiro atoms. The molecule has 1 saturated heterocycles. The van der Waals surface area contributed by atoms with Gasteiger partial charge in [-0.1, -0.05) is 0 Å². The lowest BCUT2D eigenvalue weighted by atomic mass is 10.2. The minimum absolute atomic E-state index is 0.359. The van der Waals surface area contributed by atoms with Gasteiger partial charge < -0.3 is 4.90 Å². The number of hydrogen-bond acceptors (Lipinski definition) is 4. The smallest absolute Gasteiger partial charge is 0.368 e. The van der Waals surface area contributed by atoms with Gasteiger partial charge in [-0.25, -0.2) is 9.37 Å². The Hall–Kier alpha value is -2.22. The average molecular weight is 340 g/mol. The second-order valence-corrected chi connectivity index (χ2v) is 5.67. The number of hydrogen-bond donors (Lipinski definition) is 0. The fraction of sp³-hybridized carbons (Fsp3) is 0.375. The van der Waals surface area contributed by atoms with Gasteiger partial charge in [0, 0.05) is 38.9 Å². The molecule has 3 heterocycles. The van der Waals surface area contributed by atoms with Crippen LogP contribution in [0.1, 0.15) is 11.3 Å². The highest BCUT2D eigenvalue weighted by atomic mass is 19.4. The van der Waals surface area contributed by atoms with Gasteiger partial charge in [-0.05, 0) is 23.8 Å². The fourth-order valence-electron chi connectivity index (χ4n) is 2.71. The summed E-state index contributed by atoms with van der Waals surface area (Å²) in [5, 5.41) is 0. The molecule has 0 N–H and O–H groups in total. The average Bonchev–Trinajstić information content (AvgIpc) is 2.55. The van der Waals surface area contributed by atoms with Gasteiger partial charge in [0.1, 0.15) is 11.5 Å². The van der Waals surface area contributed by atoms with Crippen LogP contribution in [0.2, 0.25) is 0 Å². The summed E-state index contributed by atoms with van der Waals surface area (Å²) in [7, 11) is 0. The van der Waals surface area contributed by atoms with E-state index < -0.39 is 11.9 Å². The van der Waals surface area contributed by atoms with Gasteiger partial charge in [-0.3, -0.25) is 9.88 Å². The Bertz CT molecular complexity index is 679. The summed E-state index contributed by atoms with van der Waals surface area (Å²) in [6, 6.07) is 3.90. The molecule has 8 heteroatoms. The Morgan fingerprint density at radius 1 is 1.00 bits per heavy atom. The molecule has 1 aliphatic heterocycles. The van der Waals surface area contributed by atoms with Crippen molar-refractivity contribution >= 4 is 5.69 Å². The molecule has 1 aliphatic rings. The van der Waals surface area contributed by atoms with Crippen molar-refractivity contribution in [2.45, 2.75) is 12.7 Å². The van der Waals surface area contributed by atoms with Crippen LogP contribution in [0, 0.1) is 5.82 Å². The van der Waals surface area contributed by atoms with Crippen LogP contribution in [0.25, 0.3) is 0 Å². The van der Waals surface area contributed by atoms with Gasteiger partial charge in [0.2, 0.25) is 0 Å². The Morgan fingerprint density at radius 2 is 1.75 bits per heavy atom. The number of aromatic nitrogens is 2. The highest BCUT2D eigenvalue weighted by molar-refractivity contribution is 5.45.